The van der Waals surface area contributed by atoms with Crippen molar-refractivity contribution in [3.8, 4) is 17.2 Å². The molecule has 28 heavy (non-hydrogen) atoms. The van der Waals surface area contributed by atoms with Crippen molar-refractivity contribution in [2.24, 2.45) is 5.41 Å². The van der Waals surface area contributed by atoms with Crippen LogP contribution in [0.3, 0.4) is 0 Å². The first-order valence-electron chi connectivity index (χ1n) is 8.86. The van der Waals surface area contributed by atoms with Gasteiger partial charge in [-0.2, -0.15) is 0 Å². The summed E-state index contributed by atoms with van der Waals surface area (Å²) in [6, 6.07) is 0. The number of rotatable bonds is 6. The van der Waals surface area contributed by atoms with Crippen LogP contribution in [-0.4, -0.2) is 46.2 Å². The number of hydrogen-bond acceptors (Lipinski definition) is 8. The Labute approximate surface area is 164 Å². The molecule has 0 heterocycles. The Balaban J connectivity index is 2.97. The van der Waals surface area contributed by atoms with E-state index >= 15 is 0 Å². The third kappa shape index (κ3) is 3.06. The van der Waals surface area contributed by atoms with Crippen molar-refractivity contribution in [1.82, 2.24) is 0 Å². The highest BCUT2D eigenvalue weighted by molar-refractivity contribution is 6.16. The third-order valence-electron chi connectivity index (χ3n) is 5.25. The predicted octanol–water partition coefficient (Wildman–Crippen LogP) is 2.78. The average molecular weight is 394 g/mol. The molecule has 2 rings (SSSR count). The Morgan fingerprint density at radius 1 is 1.04 bits per heavy atom. The molecule has 1 aromatic carbocycles. The van der Waals surface area contributed by atoms with Crippen molar-refractivity contribution < 1.29 is 38.1 Å². The van der Waals surface area contributed by atoms with Crippen LogP contribution in [0.25, 0.3) is 0 Å². The lowest BCUT2D eigenvalue weighted by atomic mass is 9.66. The minimum absolute atomic E-state index is 0.0622. The van der Waals surface area contributed by atoms with E-state index in [9.17, 15) is 14.4 Å². The Morgan fingerprint density at radius 3 is 2.04 bits per heavy atom. The first kappa shape index (κ1) is 21.5. The quantitative estimate of drug-likeness (QED) is 0.537. The molecule has 0 aromatic heterocycles. The topological polar surface area (TPSA) is 97.4 Å². The zero-order chi connectivity index (χ0) is 21.2. The van der Waals surface area contributed by atoms with Crippen molar-refractivity contribution in [3.05, 3.63) is 16.7 Å². The number of ether oxygens (including phenoxy) is 5. The molecule has 0 saturated heterocycles. The number of fused-ring (bicyclic) bond motifs is 1. The Hall–Kier alpha value is -2.77. The molecule has 0 radical (unpaired) electrons. The summed E-state index contributed by atoms with van der Waals surface area (Å²) in [5.74, 6) is -0.814. The van der Waals surface area contributed by atoms with E-state index in [1.54, 1.807) is 13.8 Å². The summed E-state index contributed by atoms with van der Waals surface area (Å²) in [5, 5.41) is 0. The molecule has 1 aliphatic rings. The first-order valence-corrected chi connectivity index (χ1v) is 8.86. The summed E-state index contributed by atoms with van der Waals surface area (Å²) in [5.41, 5.74) is -0.494. The minimum Gasteiger partial charge on any atom is -0.496 e. The van der Waals surface area contributed by atoms with Gasteiger partial charge in [0.25, 0.3) is 0 Å². The summed E-state index contributed by atoms with van der Waals surface area (Å²) >= 11 is 0. The van der Waals surface area contributed by atoms with Gasteiger partial charge in [-0.15, -0.1) is 0 Å². The van der Waals surface area contributed by atoms with Gasteiger partial charge in [0, 0.05) is 18.9 Å². The number of methoxy groups -OCH3 is 4. The van der Waals surface area contributed by atoms with Gasteiger partial charge in [0.2, 0.25) is 0 Å². The molecule has 0 aliphatic heterocycles. The van der Waals surface area contributed by atoms with Gasteiger partial charge in [0.1, 0.15) is 17.3 Å². The number of ketones is 1. The first-order chi connectivity index (χ1) is 13.2. The second kappa shape index (κ2) is 8.08. The molecule has 1 aliphatic carbocycles. The van der Waals surface area contributed by atoms with Crippen LogP contribution < -0.4 is 14.2 Å². The van der Waals surface area contributed by atoms with E-state index in [4.69, 9.17) is 23.7 Å². The van der Waals surface area contributed by atoms with Crippen LogP contribution in [0.1, 0.15) is 54.3 Å². The van der Waals surface area contributed by atoms with Gasteiger partial charge in [0.05, 0.1) is 39.6 Å². The summed E-state index contributed by atoms with van der Waals surface area (Å²) in [7, 11) is 5.54. The Bertz CT molecular complexity index is 813. The second-order valence-electron chi connectivity index (χ2n) is 6.57. The number of benzene rings is 1. The number of Topliss-reactive ketones (excluding diaryl/α,β-unsaturated/α-hetero) is 1. The fourth-order valence-electron chi connectivity index (χ4n) is 3.93. The van der Waals surface area contributed by atoms with E-state index < -0.39 is 29.2 Å². The van der Waals surface area contributed by atoms with Gasteiger partial charge < -0.3 is 23.7 Å². The lowest BCUT2D eigenvalue weighted by molar-refractivity contribution is -0.158. The van der Waals surface area contributed by atoms with Gasteiger partial charge in [-0.05, 0) is 13.3 Å². The molecule has 0 bridgehead atoms. The highest BCUT2D eigenvalue weighted by atomic mass is 16.5. The number of esters is 2. The molecule has 8 nitrogen and oxygen atoms in total. The summed E-state index contributed by atoms with van der Waals surface area (Å²) in [4.78, 5) is 38.0. The standard InChI is InChI=1S/C20H26O8/c1-8-20(19(23)27-7)9-12(28-11(3)21)13-14(18(20)22)15(24-4)10(2)16(25-5)17(13)26-6/h12H,8-9H2,1-7H3. The third-order valence-corrected chi connectivity index (χ3v) is 5.25. The smallest absolute Gasteiger partial charge is 0.319 e. The Morgan fingerprint density at radius 2 is 1.61 bits per heavy atom. The molecule has 2 atom stereocenters. The molecule has 154 valence electrons. The fraction of sp³-hybridized carbons (Fsp3) is 0.550. The molecule has 0 saturated carbocycles. The van der Waals surface area contributed by atoms with Crippen LogP contribution in [0.2, 0.25) is 0 Å². The van der Waals surface area contributed by atoms with Crippen molar-refractivity contribution in [2.45, 2.75) is 39.7 Å². The van der Waals surface area contributed by atoms with Gasteiger partial charge in [0.15, 0.2) is 17.3 Å². The lowest BCUT2D eigenvalue weighted by Crippen LogP contribution is -2.45. The van der Waals surface area contributed by atoms with Crippen LogP contribution in [0.15, 0.2) is 0 Å². The fourth-order valence-corrected chi connectivity index (χ4v) is 3.93. The highest BCUT2D eigenvalue weighted by Crippen LogP contribution is 2.55. The summed E-state index contributed by atoms with van der Waals surface area (Å²) < 4.78 is 26.9. The van der Waals surface area contributed by atoms with Crippen LogP contribution in [0.4, 0.5) is 0 Å². The average Bonchev–Trinajstić information content (AvgIpc) is 2.68. The zero-order valence-electron chi connectivity index (χ0n) is 17.3. The molecule has 0 spiro atoms. The largest absolute Gasteiger partial charge is 0.496 e. The van der Waals surface area contributed by atoms with Crippen LogP contribution in [-0.2, 0) is 19.1 Å². The van der Waals surface area contributed by atoms with Gasteiger partial charge in [-0.25, -0.2) is 0 Å². The number of carbonyl (C=O) groups excluding carboxylic acids is 3. The van der Waals surface area contributed by atoms with Gasteiger partial charge >= 0.3 is 11.9 Å². The molecule has 0 amide bonds. The highest BCUT2D eigenvalue weighted by Gasteiger charge is 2.55. The molecule has 0 fully saturated rings. The van der Waals surface area contributed by atoms with Crippen molar-refractivity contribution >= 4 is 17.7 Å². The van der Waals surface area contributed by atoms with Crippen molar-refractivity contribution in [2.75, 3.05) is 28.4 Å². The normalized spacial score (nSPS) is 20.8. The van der Waals surface area contributed by atoms with E-state index in [1.165, 1.54) is 35.4 Å². The lowest BCUT2D eigenvalue weighted by Gasteiger charge is -2.39. The van der Waals surface area contributed by atoms with Crippen LogP contribution >= 0.6 is 0 Å². The van der Waals surface area contributed by atoms with Crippen LogP contribution in [0, 0.1) is 12.3 Å². The molecular weight excluding hydrogens is 368 g/mol. The molecule has 8 heteroatoms. The molecule has 0 N–H and O–H groups in total. The van der Waals surface area contributed by atoms with E-state index in [0.29, 0.717) is 16.9 Å². The monoisotopic (exact) mass is 394 g/mol. The van der Waals surface area contributed by atoms with Crippen molar-refractivity contribution in [3.63, 3.8) is 0 Å². The van der Waals surface area contributed by atoms with Crippen molar-refractivity contribution in [1.29, 1.82) is 0 Å². The zero-order valence-corrected chi connectivity index (χ0v) is 17.3. The predicted molar refractivity (Wildman–Crippen MR) is 99.0 cm³/mol. The van der Waals surface area contributed by atoms with Gasteiger partial charge in [-0.3, -0.25) is 14.4 Å². The number of hydrogen-bond donors (Lipinski definition) is 0. The maximum atomic E-state index is 13.6. The second-order valence-corrected chi connectivity index (χ2v) is 6.57. The maximum Gasteiger partial charge on any atom is 0.319 e. The van der Waals surface area contributed by atoms with E-state index in [-0.39, 0.29) is 29.9 Å². The molecule has 1 aromatic rings. The maximum absolute atomic E-state index is 13.6. The summed E-state index contributed by atoms with van der Waals surface area (Å²) in [6.07, 6.45) is -0.804. The van der Waals surface area contributed by atoms with E-state index in [0.717, 1.165) is 0 Å². The number of carbonyl (C=O) groups is 3. The Kier molecular flexibility index (Phi) is 6.21. The van der Waals surface area contributed by atoms with E-state index in [1.807, 2.05) is 0 Å². The molecular formula is C20H26O8. The summed E-state index contributed by atoms with van der Waals surface area (Å²) in [6.45, 7) is 4.69. The SMILES string of the molecule is CCC1(C(=O)OC)CC(OC(C)=O)c2c(OC)c(OC)c(C)c(OC)c2C1=O. The van der Waals surface area contributed by atoms with E-state index in [2.05, 4.69) is 0 Å². The minimum atomic E-state index is -1.50. The van der Waals surface area contributed by atoms with Crippen LogP contribution in [0.5, 0.6) is 17.2 Å². The molecule has 2 unspecified atom stereocenters. The van der Waals surface area contributed by atoms with Gasteiger partial charge in [-0.1, -0.05) is 6.92 Å².